The minimum atomic E-state index is -1.01. The lowest BCUT2D eigenvalue weighted by atomic mass is 10.2. The van der Waals surface area contributed by atoms with E-state index in [1.807, 2.05) is 13.8 Å². The van der Waals surface area contributed by atoms with Crippen LogP contribution < -0.4 is 14.8 Å². The molecule has 0 aliphatic heterocycles. The Morgan fingerprint density at radius 3 is 2.55 bits per heavy atom. The molecule has 29 heavy (non-hydrogen) atoms. The molecule has 0 aliphatic rings. The van der Waals surface area contributed by atoms with Crippen molar-refractivity contribution in [3.8, 4) is 11.5 Å². The number of aryl methyl sites for hydroxylation is 1. The summed E-state index contributed by atoms with van der Waals surface area (Å²) in [4.78, 5) is 25.0. The predicted molar refractivity (Wildman–Crippen MR) is 108 cm³/mol. The van der Waals surface area contributed by atoms with E-state index in [4.69, 9.17) is 30.3 Å². The standard InChI is InChI=1S/C20H25ClN2O6/c1-5-8-27-18-14(21)10-13(11-16(18)26-7-3)20(25)28-15(6-2)19(24)22-17-9-12(4)29-23-17/h9-11,15H,5-8H2,1-4H3,(H,22,23,24). The van der Waals surface area contributed by atoms with Crippen molar-refractivity contribution in [2.75, 3.05) is 18.5 Å². The van der Waals surface area contributed by atoms with Crippen molar-refractivity contribution in [2.24, 2.45) is 0 Å². The molecule has 0 fully saturated rings. The molecular weight excluding hydrogens is 400 g/mol. The second-order valence-electron chi connectivity index (χ2n) is 6.18. The smallest absolute Gasteiger partial charge is 0.339 e. The third-order valence-corrected chi connectivity index (χ3v) is 4.07. The van der Waals surface area contributed by atoms with Gasteiger partial charge in [0.15, 0.2) is 23.4 Å². The number of halogens is 1. The van der Waals surface area contributed by atoms with Gasteiger partial charge in [0.05, 0.1) is 23.8 Å². The molecule has 0 saturated carbocycles. The lowest BCUT2D eigenvalue weighted by Crippen LogP contribution is -2.32. The predicted octanol–water partition coefficient (Wildman–Crippen LogP) is 4.40. The number of ether oxygens (including phenoxy) is 3. The molecule has 0 saturated heterocycles. The van der Waals surface area contributed by atoms with Crippen LogP contribution in [0.5, 0.6) is 11.5 Å². The number of hydrogen-bond donors (Lipinski definition) is 1. The lowest BCUT2D eigenvalue weighted by Gasteiger charge is -2.17. The van der Waals surface area contributed by atoms with Crippen LogP contribution in [-0.4, -0.2) is 36.4 Å². The molecular formula is C20H25ClN2O6. The van der Waals surface area contributed by atoms with Crippen LogP contribution in [-0.2, 0) is 9.53 Å². The molecule has 0 bridgehead atoms. The molecule has 8 nitrogen and oxygen atoms in total. The third kappa shape index (κ3) is 6.12. The van der Waals surface area contributed by atoms with Crippen LogP contribution in [0.3, 0.4) is 0 Å². The van der Waals surface area contributed by atoms with E-state index in [0.29, 0.717) is 30.5 Å². The topological polar surface area (TPSA) is 99.9 Å². The molecule has 2 rings (SSSR count). The second kappa shape index (κ2) is 10.7. The number of nitrogens with one attached hydrogen (secondary N) is 1. The van der Waals surface area contributed by atoms with Crippen LogP contribution in [0.1, 0.15) is 49.7 Å². The average molecular weight is 425 g/mol. The summed E-state index contributed by atoms with van der Waals surface area (Å²) in [6.45, 7) is 8.04. The molecule has 9 heteroatoms. The van der Waals surface area contributed by atoms with Gasteiger partial charge >= 0.3 is 5.97 Å². The van der Waals surface area contributed by atoms with Crippen molar-refractivity contribution in [3.05, 3.63) is 34.5 Å². The quantitative estimate of drug-likeness (QED) is 0.564. The van der Waals surface area contributed by atoms with Gasteiger partial charge in [0.1, 0.15) is 5.76 Å². The van der Waals surface area contributed by atoms with Gasteiger partial charge in [-0.1, -0.05) is 30.6 Å². The number of esters is 1. The highest BCUT2D eigenvalue weighted by Crippen LogP contribution is 2.37. The number of hydrogen-bond acceptors (Lipinski definition) is 7. The van der Waals surface area contributed by atoms with Crippen molar-refractivity contribution in [1.82, 2.24) is 5.16 Å². The largest absolute Gasteiger partial charge is 0.490 e. The zero-order chi connectivity index (χ0) is 21.4. The maximum absolute atomic E-state index is 12.6. The SMILES string of the molecule is CCCOc1c(Cl)cc(C(=O)OC(CC)C(=O)Nc2cc(C)on2)cc1OCC. The number of anilines is 1. The monoisotopic (exact) mass is 424 g/mol. The zero-order valence-corrected chi connectivity index (χ0v) is 17.7. The van der Waals surface area contributed by atoms with Gasteiger partial charge in [-0.3, -0.25) is 4.79 Å². The minimum Gasteiger partial charge on any atom is -0.490 e. The van der Waals surface area contributed by atoms with Crippen molar-refractivity contribution in [3.63, 3.8) is 0 Å². The van der Waals surface area contributed by atoms with E-state index in [2.05, 4.69) is 10.5 Å². The first-order valence-corrected chi connectivity index (χ1v) is 9.81. The molecule has 0 spiro atoms. The van der Waals surface area contributed by atoms with E-state index in [1.54, 1.807) is 19.9 Å². The average Bonchev–Trinajstić information content (AvgIpc) is 3.09. The maximum atomic E-state index is 12.6. The number of rotatable bonds is 10. The molecule has 1 unspecified atom stereocenters. The highest BCUT2D eigenvalue weighted by Gasteiger charge is 2.24. The Bertz CT molecular complexity index is 851. The molecule has 158 valence electrons. The van der Waals surface area contributed by atoms with E-state index in [0.717, 1.165) is 6.42 Å². The fourth-order valence-corrected chi connectivity index (χ4v) is 2.71. The Labute approximate surface area is 174 Å². The Hall–Kier alpha value is -2.74. The molecule has 1 atom stereocenters. The number of benzene rings is 1. The Morgan fingerprint density at radius 1 is 1.21 bits per heavy atom. The molecule has 1 N–H and O–H groups in total. The Balaban J connectivity index is 2.15. The zero-order valence-electron chi connectivity index (χ0n) is 16.9. The summed E-state index contributed by atoms with van der Waals surface area (Å²) in [5.41, 5.74) is 0.158. The molecule has 1 aromatic heterocycles. The normalized spacial score (nSPS) is 11.6. The van der Waals surface area contributed by atoms with E-state index < -0.39 is 18.0 Å². The highest BCUT2D eigenvalue weighted by atomic mass is 35.5. The van der Waals surface area contributed by atoms with E-state index in [1.165, 1.54) is 12.1 Å². The first kappa shape index (κ1) is 22.5. The van der Waals surface area contributed by atoms with Crippen LogP contribution in [0.2, 0.25) is 5.02 Å². The summed E-state index contributed by atoms with van der Waals surface area (Å²) in [5.74, 6) is 0.311. The van der Waals surface area contributed by atoms with Crippen molar-refractivity contribution in [1.29, 1.82) is 0 Å². The molecule has 2 aromatic rings. The lowest BCUT2D eigenvalue weighted by molar-refractivity contribution is -0.124. The van der Waals surface area contributed by atoms with Gasteiger partial charge in [-0.05, 0) is 38.8 Å². The van der Waals surface area contributed by atoms with Gasteiger partial charge < -0.3 is 24.1 Å². The van der Waals surface area contributed by atoms with Crippen molar-refractivity contribution in [2.45, 2.75) is 46.6 Å². The summed E-state index contributed by atoms with van der Waals surface area (Å²) in [6, 6.07) is 4.49. The summed E-state index contributed by atoms with van der Waals surface area (Å²) in [6.07, 6.45) is 0.0622. The van der Waals surface area contributed by atoms with Gasteiger partial charge in [-0.25, -0.2) is 4.79 Å². The first-order valence-electron chi connectivity index (χ1n) is 9.43. The van der Waals surface area contributed by atoms with Gasteiger partial charge in [-0.15, -0.1) is 0 Å². The first-order chi connectivity index (χ1) is 13.9. The maximum Gasteiger partial charge on any atom is 0.339 e. The molecule has 1 amide bonds. The van der Waals surface area contributed by atoms with Crippen molar-refractivity contribution >= 4 is 29.3 Å². The highest BCUT2D eigenvalue weighted by molar-refractivity contribution is 6.32. The number of carbonyl (C=O) groups excluding carboxylic acids is 2. The van der Waals surface area contributed by atoms with Crippen LogP contribution in [0.25, 0.3) is 0 Å². The molecule has 0 aliphatic carbocycles. The fourth-order valence-electron chi connectivity index (χ4n) is 2.44. The Kier molecular flexibility index (Phi) is 8.33. The summed E-state index contributed by atoms with van der Waals surface area (Å²) < 4.78 is 21.5. The number of aromatic nitrogens is 1. The van der Waals surface area contributed by atoms with Gasteiger partial charge in [0.2, 0.25) is 0 Å². The minimum absolute atomic E-state index is 0.158. The van der Waals surface area contributed by atoms with Gasteiger partial charge in [0.25, 0.3) is 5.91 Å². The van der Waals surface area contributed by atoms with E-state index >= 15 is 0 Å². The van der Waals surface area contributed by atoms with Gasteiger partial charge in [-0.2, -0.15) is 0 Å². The van der Waals surface area contributed by atoms with Crippen LogP contribution in [0.15, 0.2) is 22.7 Å². The van der Waals surface area contributed by atoms with Crippen LogP contribution in [0.4, 0.5) is 5.82 Å². The fraction of sp³-hybridized carbons (Fsp3) is 0.450. The number of carbonyl (C=O) groups is 2. The molecule has 1 aromatic carbocycles. The summed E-state index contributed by atoms with van der Waals surface area (Å²) in [5, 5.41) is 6.48. The van der Waals surface area contributed by atoms with Crippen LogP contribution in [0, 0.1) is 6.92 Å². The van der Waals surface area contributed by atoms with E-state index in [-0.39, 0.29) is 22.8 Å². The summed E-state index contributed by atoms with van der Waals surface area (Å²) >= 11 is 6.28. The molecule has 1 heterocycles. The van der Waals surface area contributed by atoms with Crippen molar-refractivity contribution < 1.29 is 28.3 Å². The van der Waals surface area contributed by atoms with E-state index in [9.17, 15) is 9.59 Å². The Morgan fingerprint density at radius 2 is 1.97 bits per heavy atom. The summed E-state index contributed by atoms with van der Waals surface area (Å²) in [7, 11) is 0. The second-order valence-corrected chi connectivity index (χ2v) is 6.59. The number of amides is 1. The number of nitrogens with zero attached hydrogens (tertiary/aromatic N) is 1. The van der Waals surface area contributed by atoms with Gasteiger partial charge in [0, 0.05) is 6.07 Å². The molecule has 0 radical (unpaired) electrons. The van der Waals surface area contributed by atoms with Crippen LogP contribution >= 0.6 is 11.6 Å². The third-order valence-electron chi connectivity index (χ3n) is 3.79.